The molecule has 2 heterocycles. The fourth-order valence-corrected chi connectivity index (χ4v) is 3.77. The van der Waals surface area contributed by atoms with Crippen molar-refractivity contribution in [2.24, 2.45) is 11.8 Å². The van der Waals surface area contributed by atoms with Crippen molar-refractivity contribution in [2.45, 2.75) is 51.5 Å². The number of rotatable bonds is 6. The van der Waals surface area contributed by atoms with E-state index in [1.54, 1.807) is 4.90 Å². The molecule has 0 bridgehead atoms. The van der Waals surface area contributed by atoms with Crippen molar-refractivity contribution in [2.75, 3.05) is 18.4 Å². The molecule has 3 amide bonds. The fourth-order valence-electron chi connectivity index (χ4n) is 3.77. The van der Waals surface area contributed by atoms with Gasteiger partial charge < -0.3 is 20.1 Å². The number of hydrogen-bond donors (Lipinski definition) is 2. The lowest BCUT2D eigenvalue weighted by atomic mass is 9.95. The third-order valence-corrected chi connectivity index (χ3v) is 5.73. The molecule has 2 aromatic rings. The predicted molar refractivity (Wildman–Crippen MR) is 112 cm³/mol. The number of para-hydroxylation sites is 1. The first kappa shape index (κ1) is 20.4. The van der Waals surface area contributed by atoms with E-state index < -0.39 is 0 Å². The monoisotopic (exact) mass is 411 g/mol. The van der Waals surface area contributed by atoms with Gasteiger partial charge in [-0.1, -0.05) is 37.2 Å². The Bertz CT molecular complexity index is 878. The van der Waals surface area contributed by atoms with Crippen LogP contribution < -0.4 is 10.6 Å². The van der Waals surface area contributed by atoms with Crippen molar-refractivity contribution in [1.29, 1.82) is 0 Å². The van der Waals surface area contributed by atoms with Gasteiger partial charge in [-0.3, -0.25) is 4.79 Å². The molecule has 2 aliphatic rings. The Labute approximate surface area is 176 Å². The minimum atomic E-state index is -0.328. The molecule has 2 atom stereocenters. The average Bonchev–Trinajstić information content (AvgIpc) is 3.49. The first-order valence-electron chi connectivity index (χ1n) is 10.8. The number of anilines is 1. The summed E-state index contributed by atoms with van der Waals surface area (Å²) in [6, 6.07) is 8.84. The van der Waals surface area contributed by atoms with Gasteiger partial charge in [-0.15, -0.1) is 0 Å². The molecule has 1 aliphatic heterocycles. The van der Waals surface area contributed by atoms with Crippen LogP contribution in [0.15, 0.2) is 34.9 Å². The Hall–Kier alpha value is -2.90. The summed E-state index contributed by atoms with van der Waals surface area (Å²) in [7, 11) is 0. The molecule has 1 aliphatic carbocycles. The first-order valence-corrected chi connectivity index (χ1v) is 10.8. The quantitative estimate of drug-likeness (QED) is 0.755. The lowest BCUT2D eigenvalue weighted by Crippen LogP contribution is -2.47. The van der Waals surface area contributed by atoms with Crippen molar-refractivity contribution >= 4 is 17.6 Å². The zero-order valence-corrected chi connectivity index (χ0v) is 17.5. The molecule has 160 valence electrons. The Morgan fingerprint density at radius 2 is 1.93 bits per heavy atom. The third-order valence-electron chi connectivity index (χ3n) is 5.73. The van der Waals surface area contributed by atoms with Gasteiger partial charge in [-0.25, -0.2) is 4.79 Å². The second kappa shape index (κ2) is 8.85. The molecule has 2 unspecified atom stereocenters. The minimum Gasteiger partial charge on any atom is -0.344 e. The molecule has 1 aromatic carbocycles. The Morgan fingerprint density at radius 3 is 2.63 bits per heavy atom. The number of benzene rings is 1. The lowest BCUT2D eigenvalue weighted by Gasteiger charge is -2.33. The van der Waals surface area contributed by atoms with Crippen LogP contribution in [0.25, 0.3) is 0 Å². The van der Waals surface area contributed by atoms with E-state index in [1.807, 2.05) is 44.2 Å². The second-order valence-electron chi connectivity index (χ2n) is 8.58. The van der Waals surface area contributed by atoms with Gasteiger partial charge in [0.15, 0.2) is 5.82 Å². The highest BCUT2D eigenvalue weighted by Gasteiger charge is 2.34. The lowest BCUT2D eigenvalue weighted by molar-refractivity contribution is -0.127. The first-order chi connectivity index (χ1) is 14.5. The molecule has 2 fully saturated rings. The number of carbonyl (C=O) groups is 2. The Kier molecular flexibility index (Phi) is 6.01. The highest BCUT2D eigenvalue weighted by Crippen LogP contribution is 2.38. The topological polar surface area (TPSA) is 100 Å². The number of aromatic nitrogens is 2. The maximum atomic E-state index is 13.0. The average molecular weight is 412 g/mol. The smallest absolute Gasteiger partial charge is 0.321 e. The zero-order chi connectivity index (χ0) is 21.1. The normalized spacial score (nSPS) is 20.1. The summed E-state index contributed by atoms with van der Waals surface area (Å²) in [6.45, 7) is 5.08. The summed E-state index contributed by atoms with van der Waals surface area (Å²) in [6.07, 6.45) is 3.74. The molecule has 0 spiro atoms. The molecule has 1 saturated heterocycles. The zero-order valence-electron chi connectivity index (χ0n) is 17.5. The van der Waals surface area contributed by atoms with Crippen LogP contribution in [-0.4, -0.2) is 40.1 Å². The summed E-state index contributed by atoms with van der Waals surface area (Å²) in [5, 5.41) is 10.1. The standard InChI is InChI=1S/C22H29N5O3/c1-14(2)18(21-25-19(26-30-21)15-10-11-15)24-20(28)16-7-6-12-27(13-16)22(29)23-17-8-4-3-5-9-17/h3-5,8-9,14-16,18H,6-7,10-13H2,1-2H3,(H,23,29)(H,24,28). The number of hydrogen-bond acceptors (Lipinski definition) is 5. The van der Waals surface area contributed by atoms with Crippen LogP contribution in [-0.2, 0) is 4.79 Å². The molecule has 8 nitrogen and oxygen atoms in total. The molecule has 1 aromatic heterocycles. The van der Waals surface area contributed by atoms with E-state index in [2.05, 4.69) is 20.8 Å². The van der Waals surface area contributed by atoms with Gasteiger partial charge in [0.2, 0.25) is 11.8 Å². The maximum Gasteiger partial charge on any atom is 0.321 e. The van der Waals surface area contributed by atoms with Crippen LogP contribution >= 0.6 is 0 Å². The van der Waals surface area contributed by atoms with E-state index in [-0.39, 0.29) is 29.8 Å². The van der Waals surface area contributed by atoms with Gasteiger partial charge in [0.1, 0.15) is 6.04 Å². The fraction of sp³-hybridized carbons (Fsp3) is 0.545. The molecule has 4 rings (SSSR count). The van der Waals surface area contributed by atoms with Crippen LogP contribution in [0.2, 0.25) is 0 Å². The Morgan fingerprint density at radius 1 is 1.17 bits per heavy atom. The van der Waals surface area contributed by atoms with E-state index in [0.29, 0.717) is 24.9 Å². The van der Waals surface area contributed by atoms with E-state index in [1.165, 1.54) is 0 Å². The number of urea groups is 1. The molecule has 0 radical (unpaired) electrons. The largest absolute Gasteiger partial charge is 0.344 e. The summed E-state index contributed by atoms with van der Waals surface area (Å²) in [5.74, 6) is 1.40. The summed E-state index contributed by atoms with van der Waals surface area (Å²) in [5.41, 5.74) is 0.747. The van der Waals surface area contributed by atoms with Crippen molar-refractivity contribution in [1.82, 2.24) is 20.4 Å². The number of nitrogens with one attached hydrogen (secondary N) is 2. The van der Waals surface area contributed by atoms with Gasteiger partial charge in [-0.2, -0.15) is 4.98 Å². The molecular formula is C22H29N5O3. The number of carbonyl (C=O) groups excluding carboxylic acids is 2. The summed E-state index contributed by atoms with van der Waals surface area (Å²) >= 11 is 0. The van der Waals surface area contributed by atoms with Crippen LogP contribution in [0.3, 0.4) is 0 Å². The van der Waals surface area contributed by atoms with E-state index >= 15 is 0 Å². The highest BCUT2D eigenvalue weighted by atomic mass is 16.5. The summed E-state index contributed by atoms with van der Waals surface area (Å²) < 4.78 is 5.45. The van der Waals surface area contributed by atoms with Gasteiger partial charge in [0.25, 0.3) is 0 Å². The number of amides is 3. The molecule has 1 saturated carbocycles. The van der Waals surface area contributed by atoms with Crippen LogP contribution in [0, 0.1) is 11.8 Å². The van der Waals surface area contributed by atoms with Crippen molar-refractivity contribution < 1.29 is 14.1 Å². The molecular weight excluding hydrogens is 382 g/mol. The SMILES string of the molecule is CC(C)C(NC(=O)C1CCCN(C(=O)Nc2ccccc2)C1)c1nc(C2CC2)no1. The minimum absolute atomic E-state index is 0.0721. The third kappa shape index (κ3) is 4.80. The van der Waals surface area contributed by atoms with Crippen LogP contribution in [0.1, 0.15) is 63.2 Å². The van der Waals surface area contributed by atoms with E-state index in [4.69, 9.17) is 4.52 Å². The van der Waals surface area contributed by atoms with Crippen molar-refractivity contribution in [3.8, 4) is 0 Å². The molecule has 2 N–H and O–H groups in total. The highest BCUT2D eigenvalue weighted by molar-refractivity contribution is 5.90. The summed E-state index contributed by atoms with van der Waals surface area (Å²) in [4.78, 5) is 31.8. The number of likely N-dealkylation sites (tertiary alicyclic amines) is 1. The van der Waals surface area contributed by atoms with Gasteiger partial charge >= 0.3 is 6.03 Å². The van der Waals surface area contributed by atoms with Gasteiger partial charge in [0.05, 0.1) is 5.92 Å². The van der Waals surface area contributed by atoms with Crippen molar-refractivity contribution in [3.63, 3.8) is 0 Å². The van der Waals surface area contributed by atoms with E-state index in [0.717, 1.165) is 37.2 Å². The predicted octanol–water partition coefficient (Wildman–Crippen LogP) is 3.70. The van der Waals surface area contributed by atoms with Crippen LogP contribution in [0.5, 0.6) is 0 Å². The molecule has 8 heteroatoms. The second-order valence-corrected chi connectivity index (χ2v) is 8.58. The number of nitrogens with zero attached hydrogens (tertiary/aromatic N) is 3. The number of piperidine rings is 1. The van der Waals surface area contributed by atoms with Gasteiger partial charge in [-0.05, 0) is 43.7 Å². The maximum absolute atomic E-state index is 13.0. The van der Waals surface area contributed by atoms with Gasteiger partial charge in [0, 0.05) is 24.7 Å². The van der Waals surface area contributed by atoms with Crippen molar-refractivity contribution in [3.05, 3.63) is 42.0 Å². The van der Waals surface area contributed by atoms with Crippen LogP contribution in [0.4, 0.5) is 10.5 Å². The Balaban J connectivity index is 1.37. The molecule has 30 heavy (non-hydrogen) atoms. The van der Waals surface area contributed by atoms with E-state index in [9.17, 15) is 9.59 Å².